The predicted octanol–water partition coefficient (Wildman–Crippen LogP) is 3.47. The van der Waals surface area contributed by atoms with Gasteiger partial charge in [-0.1, -0.05) is 58.5 Å². The van der Waals surface area contributed by atoms with Crippen LogP contribution in [0.1, 0.15) is 33.3 Å². The van der Waals surface area contributed by atoms with Crippen molar-refractivity contribution in [1.29, 1.82) is 0 Å². The summed E-state index contributed by atoms with van der Waals surface area (Å²) in [6.45, 7) is 13.1. The minimum atomic E-state index is 0.496. The zero-order valence-corrected chi connectivity index (χ0v) is 12.0. The second kappa shape index (κ2) is 8.35. The van der Waals surface area contributed by atoms with Gasteiger partial charge >= 0.3 is 0 Å². The Bertz CT molecular complexity index is 301. The van der Waals surface area contributed by atoms with Crippen molar-refractivity contribution in [3.63, 3.8) is 0 Å². The van der Waals surface area contributed by atoms with E-state index in [1.165, 1.54) is 10.9 Å². The molecule has 0 aliphatic carbocycles. The van der Waals surface area contributed by atoms with Crippen LogP contribution < -0.4 is 10.6 Å². The summed E-state index contributed by atoms with van der Waals surface area (Å²) in [6.07, 6.45) is 0. The first-order valence-electron chi connectivity index (χ1n) is 5.86. The molecule has 1 atom stereocenters. The third kappa shape index (κ3) is 5.92. The Balaban J connectivity index is 0.00000106. The van der Waals surface area contributed by atoms with Gasteiger partial charge in [-0.25, -0.2) is 0 Å². The van der Waals surface area contributed by atoms with Gasteiger partial charge in [0.1, 0.15) is 0 Å². The molecule has 0 aromatic heterocycles. The number of rotatable bonds is 4. The fraction of sp³-hybridized carbons (Fsp3) is 0.429. The lowest BCUT2D eigenvalue weighted by Crippen LogP contribution is -2.15. The highest BCUT2D eigenvalue weighted by atomic mass is 31.0. The van der Waals surface area contributed by atoms with Crippen molar-refractivity contribution >= 4 is 14.5 Å². The van der Waals surface area contributed by atoms with Gasteiger partial charge in [0.05, 0.1) is 0 Å². The summed E-state index contributed by atoms with van der Waals surface area (Å²) >= 11 is 0. The number of nitrogens with one attached hydrogen (secondary N) is 1. The maximum absolute atomic E-state index is 3.97. The van der Waals surface area contributed by atoms with Crippen molar-refractivity contribution in [3.05, 3.63) is 42.1 Å². The van der Waals surface area contributed by atoms with Crippen molar-refractivity contribution < 1.29 is 0 Å². The zero-order chi connectivity index (χ0) is 12.6. The molecule has 0 spiro atoms. The summed E-state index contributed by atoms with van der Waals surface area (Å²) in [5.41, 5.74) is 2.39. The lowest BCUT2D eigenvalue weighted by Gasteiger charge is -2.12. The quantitative estimate of drug-likeness (QED) is 0.791. The number of allylic oxidation sites excluding steroid dienone is 1. The zero-order valence-electron chi connectivity index (χ0n) is 10.9. The van der Waals surface area contributed by atoms with Gasteiger partial charge in [-0.15, -0.1) is 9.24 Å². The highest BCUT2D eigenvalue weighted by Crippen LogP contribution is 2.05. The second-order valence-electron chi connectivity index (χ2n) is 3.78. The van der Waals surface area contributed by atoms with Crippen LogP contribution in [0.2, 0.25) is 0 Å². The van der Waals surface area contributed by atoms with Gasteiger partial charge in [0.15, 0.2) is 0 Å². The Morgan fingerprint density at radius 3 is 2.19 bits per heavy atom. The van der Waals surface area contributed by atoms with Crippen LogP contribution >= 0.6 is 9.24 Å². The maximum Gasteiger partial charge on any atom is 0.0397 e. The highest BCUT2D eigenvalue weighted by Gasteiger charge is 1.98. The minimum absolute atomic E-state index is 0.496. The first-order valence-corrected chi connectivity index (χ1v) is 6.44. The van der Waals surface area contributed by atoms with Crippen molar-refractivity contribution in [3.8, 4) is 0 Å². The van der Waals surface area contributed by atoms with Gasteiger partial charge < -0.3 is 5.32 Å². The largest absolute Gasteiger partial charge is 0.385 e. The van der Waals surface area contributed by atoms with Crippen LogP contribution in [-0.4, -0.2) is 0 Å². The van der Waals surface area contributed by atoms with E-state index in [0.717, 1.165) is 12.2 Å². The summed E-state index contributed by atoms with van der Waals surface area (Å²) in [5, 5.41) is 4.54. The Hall–Kier alpha value is -0.810. The summed E-state index contributed by atoms with van der Waals surface area (Å²) in [7, 11) is 2.68. The normalized spacial score (nSPS) is 9.38. The van der Waals surface area contributed by atoms with Crippen molar-refractivity contribution in [2.24, 2.45) is 5.92 Å². The Morgan fingerprint density at radius 2 is 1.75 bits per heavy atom. The van der Waals surface area contributed by atoms with E-state index in [1.807, 2.05) is 13.8 Å². The van der Waals surface area contributed by atoms with Crippen LogP contribution in [0.15, 0.2) is 36.5 Å². The van der Waals surface area contributed by atoms with Crippen LogP contribution in [-0.2, 0) is 6.54 Å². The molecular formula is C14H24NP. The topological polar surface area (TPSA) is 12.0 Å². The molecule has 1 unspecified atom stereocenters. The molecule has 0 aliphatic rings. The molecule has 2 heteroatoms. The van der Waals surface area contributed by atoms with Gasteiger partial charge in [-0.05, 0) is 16.8 Å². The lowest BCUT2D eigenvalue weighted by molar-refractivity contribution is 0.656. The molecule has 16 heavy (non-hydrogen) atoms. The molecular weight excluding hydrogens is 213 g/mol. The smallest absolute Gasteiger partial charge is 0.0397 e. The van der Waals surface area contributed by atoms with E-state index in [9.17, 15) is 0 Å². The fourth-order valence-corrected chi connectivity index (χ4v) is 1.25. The number of benzene rings is 1. The van der Waals surface area contributed by atoms with Crippen LogP contribution in [0.4, 0.5) is 0 Å². The molecule has 0 fully saturated rings. The van der Waals surface area contributed by atoms with E-state index in [1.54, 1.807) is 0 Å². The van der Waals surface area contributed by atoms with Crippen molar-refractivity contribution in [2.45, 2.75) is 34.2 Å². The molecule has 1 aromatic rings. The van der Waals surface area contributed by atoms with E-state index >= 15 is 0 Å². The third-order valence-corrected chi connectivity index (χ3v) is 2.58. The lowest BCUT2D eigenvalue weighted by atomic mass is 10.1. The average molecular weight is 237 g/mol. The van der Waals surface area contributed by atoms with Crippen molar-refractivity contribution in [1.82, 2.24) is 5.32 Å². The van der Waals surface area contributed by atoms with E-state index < -0.39 is 0 Å². The molecule has 0 bridgehead atoms. The standard InChI is InChI=1S/C12H18NP.C2H6/c1-9(2)10(3)13-8-11-4-6-12(14)7-5-11;1-2/h4-7,9,13H,3,8,14H2,1-2H3;1-2H3. The fourth-order valence-electron chi connectivity index (χ4n) is 1.06. The van der Waals surface area contributed by atoms with E-state index in [4.69, 9.17) is 0 Å². The number of hydrogen-bond donors (Lipinski definition) is 1. The summed E-state index contributed by atoms with van der Waals surface area (Å²) < 4.78 is 0. The van der Waals surface area contributed by atoms with Gasteiger partial charge in [-0.2, -0.15) is 0 Å². The molecule has 1 nitrogen and oxygen atoms in total. The van der Waals surface area contributed by atoms with E-state index in [0.29, 0.717) is 5.92 Å². The van der Waals surface area contributed by atoms with Gasteiger partial charge in [0.25, 0.3) is 0 Å². The molecule has 0 amide bonds. The van der Waals surface area contributed by atoms with Gasteiger partial charge in [0, 0.05) is 12.2 Å². The molecule has 0 heterocycles. The van der Waals surface area contributed by atoms with E-state index in [2.05, 4.69) is 59.2 Å². The Morgan fingerprint density at radius 1 is 1.25 bits per heavy atom. The van der Waals surface area contributed by atoms with Crippen LogP contribution in [0.5, 0.6) is 0 Å². The molecule has 0 radical (unpaired) electrons. The molecule has 0 aliphatic heterocycles. The van der Waals surface area contributed by atoms with Gasteiger partial charge in [-0.3, -0.25) is 0 Å². The van der Waals surface area contributed by atoms with Crippen LogP contribution in [0, 0.1) is 5.92 Å². The van der Waals surface area contributed by atoms with Gasteiger partial charge in [0.2, 0.25) is 0 Å². The van der Waals surface area contributed by atoms with Crippen LogP contribution in [0.3, 0.4) is 0 Å². The predicted molar refractivity (Wildman–Crippen MR) is 78.0 cm³/mol. The summed E-state index contributed by atoms with van der Waals surface area (Å²) in [5.74, 6) is 0.496. The average Bonchev–Trinajstić information content (AvgIpc) is 2.30. The first-order chi connectivity index (χ1) is 7.59. The van der Waals surface area contributed by atoms with Crippen LogP contribution in [0.25, 0.3) is 0 Å². The number of hydrogen-bond acceptors (Lipinski definition) is 1. The first kappa shape index (κ1) is 15.2. The molecule has 1 aromatic carbocycles. The van der Waals surface area contributed by atoms with Crippen molar-refractivity contribution in [2.75, 3.05) is 0 Å². The molecule has 0 saturated carbocycles. The third-order valence-electron chi connectivity index (χ3n) is 2.20. The molecule has 1 rings (SSSR count). The molecule has 0 saturated heterocycles. The Labute approximate surface area is 103 Å². The summed E-state index contributed by atoms with van der Waals surface area (Å²) in [6, 6.07) is 8.45. The van der Waals surface area contributed by atoms with E-state index in [-0.39, 0.29) is 0 Å². The molecule has 90 valence electrons. The maximum atomic E-state index is 3.97. The monoisotopic (exact) mass is 237 g/mol. The summed E-state index contributed by atoms with van der Waals surface area (Å²) in [4.78, 5) is 0. The SMILES string of the molecule is C=C(NCc1ccc(P)cc1)C(C)C.CC. The highest BCUT2D eigenvalue weighted by molar-refractivity contribution is 7.27. The Kier molecular flexibility index (Phi) is 7.93. The minimum Gasteiger partial charge on any atom is -0.385 e. The second-order valence-corrected chi connectivity index (χ2v) is 4.44. The molecule has 1 N–H and O–H groups in total.